The second kappa shape index (κ2) is 6.80. The van der Waals surface area contributed by atoms with Crippen LogP contribution in [0.5, 0.6) is 11.5 Å². The lowest BCUT2D eigenvalue weighted by Crippen LogP contribution is -2.51. The first-order valence-electron chi connectivity index (χ1n) is 7.30. The number of methoxy groups -OCH3 is 1. The molecule has 0 spiro atoms. The van der Waals surface area contributed by atoms with Crippen molar-refractivity contribution in [3.63, 3.8) is 0 Å². The Hall–Kier alpha value is -1.75. The first kappa shape index (κ1) is 15.6. The molecule has 1 aliphatic heterocycles. The number of piperazine rings is 1. The molecule has 116 valence electrons. The quantitative estimate of drug-likeness (QED) is 0.894. The number of carbonyl (C=O) groups is 1. The maximum Gasteiger partial charge on any atom is 0.231 e. The highest BCUT2D eigenvalue weighted by molar-refractivity contribution is 5.82. The molecular weight excluding hydrogens is 268 g/mol. The average Bonchev–Trinajstić information content (AvgIpc) is 2.53. The van der Waals surface area contributed by atoms with Gasteiger partial charge in [0.2, 0.25) is 5.91 Å². The molecule has 2 rings (SSSR count). The van der Waals surface area contributed by atoms with E-state index in [0.29, 0.717) is 6.61 Å². The lowest BCUT2D eigenvalue weighted by atomic mass is 9.92. The van der Waals surface area contributed by atoms with E-state index in [0.717, 1.165) is 37.7 Å². The third-order valence-corrected chi connectivity index (χ3v) is 3.62. The molecule has 5 heteroatoms. The second-order valence-electron chi connectivity index (χ2n) is 5.89. The number of nitrogens with one attached hydrogen (secondary N) is 1. The first-order valence-corrected chi connectivity index (χ1v) is 7.30. The minimum atomic E-state index is -0.541. The first-order chi connectivity index (χ1) is 10.0. The molecule has 1 heterocycles. The van der Waals surface area contributed by atoms with Crippen LogP contribution >= 0.6 is 0 Å². The molecule has 0 bridgehead atoms. The molecule has 1 aliphatic rings. The lowest BCUT2D eigenvalue weighted by molar-refractivity contribution is -0.142. The molecule has 5 nitrogen and oxygen atoms in total. The summed E-state index contributed by atoms with van der Waals surface area (Å²) in [6.45, 7) is 7.46. The average molecular weight is 292 g/mol. The van der Waals surface area contributed by atoms with Crippen molar-refractivity contribution in [2.75, 3.05) is 39.9 Å². The summed E-state index contributed by atoms with van der Waals surface area (Å²) >= 11 is 0. The van der Waals surface area contributed by atoms with Crippen LogP contribution in [0, 0.1) is 5.41 Å². The maximum absolute atomic E-state index is 12.6. The Labute approximate surface area is 126 Å². The van der Waals surface area contributed by atoms with Crippen molar-refractivity contribution in [2.24, 2.45) is 5.41 Å². The number of amides is 1. The fourth-order valence-electron chi connectivity index (χ4n) is 2.31. The van der Waals surface area contributed by atoms with Crippen LogP contribution in [-0.4, -0.2) is 50.7 Å². The number of hydrogen-bond acceptors (Lipinski definition) is 4. The van der Waals surface area contributed by atoms with Gasteiger partial charge in [-0.25, -0.2) is 0 Å². The summed E-state index contributed by atoms with van der Waals surface area (Å²) in [5, 5.41) is 3.25. The van der Waals surface area contributed by atoms with Gasteiger partial charge in [0.05, 0.1) is 12.5 Å². The van der Waals surface area contributed by atoms with Crippen LogP contribution in [0.2, 0.25) is 0 Å². The molecule has 0 aromatic heterocycles. The summed E-state index contributed by atoms with van der Waals surface area (Å²) in [4.78, 5) is 14.5. The van der Waals surface area contributed by atoms with E-state index in [-0.39, 0.29) is 5.91 Å². The Morgan fingerprint density at radius 3 is 2.62 bits per heavy atom. The van der Waals surface area contributed by atoms with Gasteiger partial charge in [-0.3, -0.25) is 4.79 Å². The van der Waals surface area contributed by atoms with Gasteiger partial charge in [0.1, 0.15) is 18.1 Å². The number of hydrogen-bond donors (Lipinski definition) is 1. The van der Waals surface area contributed by atoms with E-state index in [2.05, 4.69) is 5.32 Å². The zero-order chi connectivity index (χ0) is 15.3. The number of ether oxygens (including phenoxy) is 2. The van der Waals surface area contributed by atoms with Crippen LogP contribution in [0.15, 0.2) is 24.3 Å². The van der Waals surface area contributed by atoms with Crippen LogP contribution in [0.25, 0.3) is 0 Å². The summed E-state index contributed by atoms with van der Waals surface area (Å²) in [6, 6.07) is 7.43. The van der Waals surface area contributed by atoms with Gasteiger partial charge in [-0.05, 0) is 26.0 Å². The van der Waals surface area contributed by atoms with Crippen LogP contribution in [0.3, 0.4) is 0 Å². The van der Waals surface area contributed by atoms with Crippen molar-refractivity contribution in [1.82, 2.24) is 10.2 Å². The van der Waals surface area contributed by atoms with Gasteiger partial charge in [-0.1, -0.05) is 6.07 Å². The summed E-state index contributed by atoms with van der Waals surface area (Å²) in [5.41, 5.74) is -0.541. The topological polar surface area (TPSA) is 50.8 Å². The van der Waals surface area contributed by atoms with E-state index in [1.807, 2.05) is 43.0 Å². The molecule has 0 atom stereocenters. The van der Waals surface area contributed by atoms with Gasteiger partial charge < -0.3 is 19.7 Å². The molecule has 1 saturated heterocycles. The van der Waals surface area contributed by atoms with Crippen molar-refractivity contribution in [2.45, 2.75) is 13.8 Å². The van der Waals surface area contributed by atoms with Crippen LogP contribution in [-0.2, 0) is 4.79 Å². The van der Waals surface area contributed by atoms with Gasteiger partial charge in [0, 0.05) is 32.2 Å². The fourth-order valence-corrected chi connectivity index (χ4v) is 2.31. The second-order valence-corrected chi connectivity index (χ2v) is 5.89. The van der Waals surface area contributed by atoms with Gasteiger partial charge in [-0.2, -0.15) is 0 Å². The van der Waals surface area contributed by atoms with E-state index in [4.69, 9.17) is 9.47 Å². The highest BCUT2D eigenvalue weighted by Gasteiger charge is 2.33. The third-order valence-electron chi connectivity index (χ3n) is 3.62. The molecule has 1 N–H and O–H groups in total. The smallest absolute Gasteiger partial charge is 0.231 e. The Balaban J connectivity index is 1.94. The number of nitrogens with zero attached hydrogens (tertiary/aromatic N) is 1. The molecule has 0 aliphatic carbocycles. The van der Waals surface area contributed by atoms with Crippen LogP contribution in [0.4, 0.5) is 0 Å². The van der Waals surface area contributed by atoms with Gasteiger partial charge in [0.15, 0.2) is 0 Å². The van der Waals surface area contributed by atoms with Crippen molar-refractivity contribution in [3.05, 3.63) is 24.3 Å². The highest BCUT2D eigenvalue weighted by Crippen LogP contribution is 2.24. The molecular formula is C16H24N2O3. The maximum atomic E-state index is 12.6. The summed E-state index contributed by atoms with van der Waals surface area (Å²) in [5.74, 6) is 1.61. The molecule has 0 radical (unpaired) electrons. The number of benzene rings is 1. The van der Waals surface area contributed by atoms with Crippen LogP contribution < -0.4 is 14.8 Å². The normalized spacial score (nSPS) is 15.7. The van der Waals surface area contributed by atoms with Crippen molar-refractivity contribution in [3.8, 4) is 11.5 Å². The van der Waals surface area contributed by atoms with Gasteiger partial charge >= 0.3 is 0 Å². The molecule has 1 aromatic carbocycles. The van der Waals surface area contributed by atoms with E-state index in [1.165, 1.54) is 0 Å². The Bertz CT molecular complexity index is 482. The van der Waals surface area contributed by atoms with E-state index in [1.54, 1.807) is 7.11 Å². The fraction of sp³-hybridized carbons (Fsp3) is 0.562. The zero-order valence-corrected chi connectivity index (χ0v) is 13.0. The number of carbonyl (C=O) groups excluding carboxylic acids is 1. The van der Waals surface area contributed by atoms with Crippen molar-refractivity contribution in [1.29, 1.82) is 0 Å². The Kier molecular flexibility index (Phi) is 5.07. The van der Waals surface area contributed by atoms with Crippen LogP contribution in [0.1, 0.15) is 13.8 Å². The molecule has 0 unspecified atom stereocenters. The lowest BCUT2D eigenvalue weighted by Gasteiger charge is -2.34. The molecule has 1 aromatic rings. The van der Waals surface area contributed by atoms with E-state index < -0.39 is 5.41 Å². The predicted molar refractivity (Wildman–Crippen MR) is 81.7 cm³/mol. The minimum absolute atomic E-state index is 0.145. The summed E-state index contributed by atoms with van der Waals surface area (Å²) < 4.78 is 10.9. The third kappa shape index (κ3) is 4.11. The van der Waals surface area contributed by atoms with E-state index >= 15 is 0 Å². The summed E-state index contributed by atoms with van der Waals surface area (Å²) in [6.07, 6.45) is 0. The monoisotopic (exact) mass is 292 g/mol. The molecule has 0 saturated carbocycles. The standard InChI is InChI=1S/C16H24N2O3/c1-16(2,15(19)18-9-7-17-8-10-18)12-21-14-6-4-5-13(11-14)20-3/h4-6,11,17H,7-10,12H2,1-3H3. The predicted octanol–water partition coefficient (Wildman–Crippen LogP) is 1.53. The van der Waals surface area contributed by atoms with Crippen molar-refractivity contribution < 1.29 is 14.3 Å². The van der Waals surface area contributed by atoms with Gasteiger partial charge in [0.25, 0.3) is 0 Å². The number of rotatable bonds is 5. The molecule has 1 fully saturated rings. The minimum Gasteiger partial charge on any atom is -0.497 e. The largest absolute Gasteiger partial charge is 0.497 e. The zero-order valence-electron chi connectivity index (χ0n) is 13.0. The Morgan fingerprint density at radius 1 is 1.29 bits per heavy atom. The Morgan fingerprint density at radius 2 is 1.95 bits per heavy atom. The highest BCUT2D eigenvalue weighted by atomic mass is 16.5. The summed E-state index contributed by atoms with van der Waals surface area (Å²) in [7, 11) is 1.62. The van der Waals surface area contributed by atoms with E-state index in [9.17, 15) is 4.79 Å². The molecule has 21 heavy (non-hydrogen) atoms. The molecule has 1 amide bonds. The SMILES string of the molecule is COc1cccc(OCC(C)(C)C(=O)N2CCNCC2)c1. The van der Waals surface area contributed by atoms with Crippen molar-refractivity contribution >= 4 is 5.91 Å². The van der Waals surface area contributed by atoms with Gasteiger partial charge in [-0.15, -0.1) is 0 Å².